The summed E-state index contributed by atoms with van der Waals surface area (Å²) >= 11 is 0. The molecule has 0 amide bonds. The number of carbonyl (C=O) groups is 1. The van der Waals surface area contributed by atoms with E-state index in [1.807, 2.05) is 0 Å². The number of sulfonamides is 1. The first kappa shape index (κ1) is 13.2. The third-order valence-electron chi connectivity index (χ3n) is 2.64. The monoisotopic (exact) mass is 247 g/mol. The average Bonchev–Trinajstić information content (AvgIpc) is 2.28. The smallest absolute Gasteiger partial charge is 0.309 e. The molecule has 1 saturated heterocycles. The fourth-order valence-corrected chi connectivity index (χ4v) is 3.13. The minimum Gasteiger partial charge on any atom is -0.469 e. The first-order valence-electron chi connectivity index (χ1n) is 5.18. The van der Waals surface area contributed by atoms with Crippen LogP contribution in [0.2, 0.25) is 0 Å². The summed E-state index contributed by atoms with van der Waals surface area (Å²) in [5, 5.41) is 0. The second kappa shape index (κ2) is 5.45. The number of rotatable bonds is 4. The molecule has 1 rings (SSSR count). The second-order valence-corrected chi connectivity index (χ2v) is 5.80. The maximum atomic E-state index is 11.7. The number of esters is 1. The van der Waals surface area contributed by atoms with Gasteiger partial charge in [-0.25, -0.2) is 12.7 Å². The molecule has 0 bridgehead atoms. The van der Waals surface area contributed by atoms with Crippen molar-refractivity contribution in [3.05, 3.63) is 12.7 Å². The highest BCUT2D eigenvalue weighted by molar-refractivity contribution is 7.89. The maximum Gasteiger partial charge on any atom is 0.309 e. The van der Waals surface area contributed by atoms with Crippen molar-refractivity contribution in [1.82, 2.24) is 4.31 Å². The molecule has 0 aromatic heterocycles. The quantitative estimate of drug-likeness (QED) is 0.532. The first-order chi connectivity index (χ1) is 7.51. The lowest BCUT2D eigenvalue weighted by atomic mass is 10.0. The van der Waals surface area contributed by atoms with Gasteiger partial charge in [-0.05, 0) is 12.8 Å². The number of piperidine rings is 1. The van der Waals surface area contributed by atoms with Crippen LogP contribution in [0.15, 0.2) is 12.7 Å². The Bertz CT molecular complexity index is 363. The van der Waals surface area contributed by atoms with E-state index in [0.717, 1.165) is 0 Å². The highest BCUT2D eigenvalue weighted by atomic mass is 32.2. The van der Waals surface area contributed by atoms with Crippen molar-refractivity contribution in [3.8, 4) is 0 Å². The van der Waals surface area contributed by atoms with Crippen LogP contribution in [0.3, 0.4) is 0 Å². The summed E-state index contributed by atoms with van der Waals surface area (Å²) < 4.78 is 29.5. The molecule has 0 aliphatic carbocycles. The molecule has 0 saturated carbocycles. The van der Waals surface area contributed by atoms with E-state index in [-0.39, 0.29) is 24.2 Å². The van der Waals surface area contributed by atoms with Crippen LogP contribution in [0, 0.1) is 5.92 Å². The van der Waals surface area contributed by atoms with Crippen molar-refractivity contribution >= 4 is 16.0 Å². The van der Waals surface area contributed by atoms with Gasteiger partial charge in [0, 0.05) is 13.1 Å². The molecule has 0 radical (unpaired) electrons. The molecule has 0 aromatic rings. The summed E-state index contributed by atoms with van der Waals surface area (Å²) in [5.74, 6) is -0.752. The molecule has 92 valence electrons. The standard InChI is InChI=1S/C10H17NO4S/c1-3-7-16(13,14)11-6-4-5-9(8-11)10(12)15-2/h3,9H,1,4-8H2,2H3. The molecule has 0 spiro atoms. The first-order valence-corrected chi connectivity index (χ1v) is 6.78. The Balaban J connectivity index is 2.70. The Morgan fingerprint density at radius 3 is 2.88 bits per heavy atom. The van der Waals surface area contributed by atoms with Gasteiger partial charge in [0.2, 0.25) is 10.0 Å². The van der Waals surface area contributed by atoms with Crippen molar-refractivity contribution in [1.29, 1.82) is 0 Å². The molecule has 1 unspecified atom stereocenters. The average molecular weight is 247 g/mol. The van der Waals surface area contributed by atoms with Crippen molar-refractivity contribution in [3.63, 3.8) is 0 Å². The molecule has 1 fully saturated rings. The second-order valence-electron chi connectivity index (χ2n) is 3.79. The molecular weight excluding hydrogens is 230 g/mol. The Morgan fingerprint density at radius 1 is 1.62 bits per heavy atom. The maximum absolute atomic E-state index is 11.7. The van der Waals surface area contributed by atoms with Gasteiger partial charge in [0.15, 0.2) is 0 Å². The van der Waals surface area contributed by atoms with E-state index in [9.17, 15) is 13.2 Å². The summed E-state index contributed by atoms with van der Waals surface area (Å²) in [6, 6.07) is 0. The number of carbonyl (C=O) groups excluding carboxylic acids is 1. The summed E-state index contributed by atoms with van der Waals surface area (Å²) in [5.41, 5.74) is 0. The number of nitrogens with zero attached hydrogens (tertiary/aromatic N) is 1. The molecule has 0 aromatic carbocycles. The van der Waals surface area contributed by atoms with Crippen LogP contribution < -0.4 is 0 Å². The van der Waals surface area contributed by atoms with Crippen molar-refractivity contribution in [2.75, 3.05) is 26.0 Å². The van der Waals surface area contributed by atoms with E-state index < -0.39 is 10.0 Å². The lowest BCUT2D eigenvalue weighted by molar-refractivity contribution is -0.146. The van der Waals surface area contributed by atoms with Gasteiger partial charge in [-0.1, -0.05) is 6.08 Å². The zero-order chi connectivity index (χ0) is 12.2. The van der Waals surface area contributed by atoms with Gasteiger partial charge in [-0.2, -0.15) is 0 Å². The Hall–Kier alpha value is -0.880. The number of ether oxygens (including phenoxy) is 1. The number of hydrogen-bond acceptors (Lipinski definition) is 4. The summed E-state index contributed by atoms with van der Waals surface area (Å²) in [6.07, 6.45) is 2.74. The minimum absolute atomic E-state index is 0.0824. The van der Waals surface area contributed by atoms with Crippen molar-refractivity contribution < 1.29 is 17.9 Å². The van der Waals surface area contributed by atoms with E-state index in [1.165, 1.54) is 17.5 Å². The van der Waals surface area contributed by atoms with Gasteiger partial charge >= 0.3 is 5.97 Å². The van der Waals surface area contributed by atoms with Gasteiger partial charge in [-0.3, -0.25) is 4.79 Å². The van der Waals surface area contributed by atoms with Crippen LogP contribution in [0.4, 0.5) is 0 Å². The van der Waals surface area contributed by atoms with E-state index in [0.29, 0.717) is 19.4 Å². The third kappa shape index (κ3) is 3.05. The molecular formula is C10H17NO4S. The van der Waals surface area contributed by atoms with Crippen LogP contribution in [-0.4, -0.2) is 44.6 Å². The molecule has 5 nitrogen and oxygen atoms in total. The minimum atomic E-state index is -3.30. The highest BCUT2D eigenvalue weighted by Crippen LogP contribution is 2.20. The van der Waals surface area contributed by atoms with Gasteiger partial charge in [-0.15, -0.1) is 6.58 Å². The van der Waals surface area contributed by atoms with Crippen LogP contribution in [-0.2, 0) is 19.6 Å². The van der Waals surface area contributed by atoms with Crippen LogP contribution in [0.5, 0.6) is 0 Å². The molecule has 16 heavy (non-hydrogen) atoms. The predicted molar refractivity (Wildman–Crippen MR) is 60.3 cm³/mol. The zero-order valence-electron chi connectivity index (χ0n) is 9.39. The lowest BCUT2D eigenvalue weighted by Gasteiger charge is -2.30. The van der Waals surface area contributed by atoms with E-state index >= 15 is 0 Å². The van der Waals surface area contributed by atoms with Crippen LogP contribution >= 0.6 is 0 Å². The van der Waals surface area contributed by atoms with Crippen molar-refractivity contribution in [2.45, 2.75) is 12.8 Å². The largest absolute Gasteiger partial charge is 0.469 e. The number of hydrogen-bond donors (Lipinski definition) is 0. The van der Waals surface area contributed by atoms with Gasteiger partial charge in [0.25, 0.3) is 0 Å². The Kier molecular flexibility index (Phi) is 4.49. The predicted octanol–water partition coefficient (Wildman–Crippen LogP) is 0.387. The van der Waals surface area contributed by atoms with Gasteiger partial charge in [0.05, 0.1) is 18.8 Å². The molecule has 1 aliphatic rings. The molecule has 1 heterocycles. The number of methoxy groups -OCH3 is 1. The van der Waals surface area contributed by atoms with Crippen LogP contribution in [0.25, 0.3) is 0 Å². The lowest BCUT2D eigenvalue weighted by Crippen LogP contribution is -2.43. The highest BCUT2D eigenvalue weighted by Gasteiger charge is 2.31. The SMILES string of the molecule is C=CCS(=O)(=O)N1CCCC(C(=O)OC)C1. The van der Waals surface area contributed by atoms with Crippen LogP contribution in [0.1, 0.15) is 12.8 Å². The van der Waals surface area contributed by atoms with E-state index in [1.54, 1.807) is 0 Å². The third-order valence-corrected chi connectivity index (χ3v) is 4.42. The van der Waals surface area contributed by atoms with Gasteiger partial charge < -0.3 is 4.74 Å². The molecule has 1 atom stereocenters. The summed E-state index contributed by atoms with van der Waals surface area (Å²) in [6.45, 7) is 4.11. The topological polar surface area (TPSA) is 63.7 Å². The Labute approximate surface area is 96.1 Å². The normalized spacial score (nSPS) is 22.7. The molecule has 1 aliphatic heterocycles. The van der Waals surface area contributed by atoms with Gasteiger partial charge in [0.1, 0.15) is 0 Å². The zero-order valence-corrected chi connectivity index (χ0v) is 10.2. The molecule has 0 N–H and O–H groups in total. The summed E-state index contributed by atoms with van der Waals surface area (Å²) in [7, 11) is -1.98. The van der Waals surface area contributed by atoms with Crippen molar-refractivity contribution in [2.24, 2.45) is 5.92 Å². The van der Waals surface area contributed by atoms with E-state index in [2.05, 4.69) is 11.3 Å². The Morgan fingerprint density at radius 2 is 2.31 bits per heavy atom. The fraction of sp³-hybridized carbons (Fsp3) is 0.700. The summed E-state index contributed by atoms with van der Waals surface area (Å²) in [4.78, 5) is 11.3. The molecule has 6 heteroatoms. The van der Waals surface area contributed by atoms with E-state index in [4.69, 9.17) is 0 Å². The fourth-order valence-electron chi connectivity index (χ4n) is 1.81.